The Labute approximate surface area is 90.0 Å². The maximum atomic E-state index is 12.4. The highest BCUT2D eigenvalue weighted by Gasteiger charge is 2.42. The molecule has 1 rings (SSSR count). The van der Waals surface area contributed by atoms with E-state index >= 15 is 0 Å². The lowest BCUT2D eigenvalue weighted by Gasteiger charge is -2.25. The van der Waals surface area contributed by atoms with E-state index in [9.17, 15) is 13.2 Å². The van der Waals surface area contributed by atoms with E-state index < -0.39 is 16.9 Å². The van der Waals surface area contributed by atoms with E-state index in [-0.39, 0.29) is 5.92 Å². The molecule has 0 aromatic carbocycles. The van der Waals surface area contributed by atoms with E-state index in [2.05, 4.69) is 15.9 Å². The summed E-state index contributed by atoms with van der Waals surface area (Å²) in [7, 11) is 0. The van der Waals surface area contributed by atoms with E-state index in [1.54, 1.807) is 12.2 Å². The normalized spacial score (nSPS) is 28.1. The minimum atomic E-state index is -4.16. The van der Waals surface area contributed by atoms with Gasteiger partial charge in [-0.05, 0) is 11.5 Å². The molecular weight excluding hydrogens is 257 g/mol. The third-order valence-electron chi connectivity index (χ3n) is 2.24. The van der Waals surface area contributed by atoms with E-state index in [1.165, 1.54) is 6.08 Å². The van der Waals surface area contributed by atoms with Gasteiger partial charge < -0.3 is 0 Å². The highest BCUT2D eigenvalue weighted by Crippen LogP contribution is 2.37. The van der Waals surface area contributed by atoms with Crippen LogP contribution in [0.15, 0.2) is 23.8 Å². The molecule has 1 aliphatic rings. The molecule has 0 spiro atoms. The Morgan fingerprint density at radius 2 is 1.93 bits per heavy atom. The van der Waals surface area contributed by atoms with Gasteiger partial charge in [0.1, 0.15) is 0 Å². The van der Waals surface area contributed by atoms with Gasteiger partial charge in [-0.3, -0.25) is 0 Å². The zero-order chi connectivity index (χ0) is 10.9. The number of alkyl halides is 4. The van der Waals surface area contributed by atoms with Crippen LogP contribution in [-0.2, 0) is 0 Å². The van der Waals surface area contributed by atoms with Crippen molar-refractivity contribution in [2.45, 2.75) is 24.9 Å². The van der Waals surface area contributed by atoms with Crippen LogP contribution in [0, 0.1) is 11.8 Å². The average molecular weight is 269 g/mol. The first-order chi connectivity index (χ1) is 6.32. The van der Waals surface area contributed by atoms with Crippen molar-refractivity contribution < 1.29 is 13.2 Å². The molecule has 0 N–H and O–H groups in total. The summed E-state index contributed by atoms with van der Waals surface area (Å²) in [6, 6.07) is 0. The smallest absolute Gasteiger partial charge is 0.170 e. The van der Waals surface area contributed by atoms with Crippen LogP contribution in [0.4, 0.5) is 13.2 Å². The summed E-state index contributed by atoms with van der Waals surface area (Å²) >= 11 is 3.05. The molecule has 0 saturated heterocycles. The highest BCUT2D eigenvalue weighted by molar-refractivity contribution is 9.09. The zero-order valence-electron chi connectivity index (χ0n) is 7.98. The van der Waals surface area contributed by atoms with Crippen LogP contribution in [0.2, 0.25) is 0 Å². The molecule has 4 heteroatoms. The quantitative estimate of drug-likeness (QED) is 0.629. The SMILES string of the molecule is CC(C)C1=CC(Br)C(C(F)(F)F)C=C1. The maximum absolute atomic E-state index is 12.4. The summed E-state index contributed by atoms with van der Waals surface area (Å²) in [5.41, 5.74) is 0.951. The fraction of sp³-hybridized carbons (Fsp3) is 0.600. The second kappa shape index (κ2) is 4.09. The molecule has 2 unspecified atom stereocenters. The molecule has 0 radical (unpaired) electrons. The lowest BCUT2D eigenvalue weighted by molar-refractivity contribution is -0.158. The molecular formula is C10H12BrF3. The molecule has 0 saturated carbocycles. The van der Waals surface area contributed by atoms with E-state index in [4.69, 9.17) is 0 Å². The summed E-state index contributed by atoms with van der Waals surface area (Å²) in [6.07, 6.45) is 0.280. The van der Waals surface area contributed by atoms with E-state index in [0.717, 1.165) is 5.57 Å². The fourth-order valence-corrected chi connectivity index (χ4v) is 2.12. The van der Waals surface area contributed by atoms with Gasteiger partial charge in [-0.25, -0.2) is 0 Å². The van der Waals surface area contributed by atoms with Gasteiger partial charge in [0, 0.05) is 4.83 Å². The van der Waals surface area contributed by atoms with E-state index in [1.807, 2.05) is 13.8 Å². The highest BCUT2D eigenvalue weighted by atomic mass is 79.9. The minimum absolute atomic E-state index is 0.264. The Morgan fingerprint density at radius 1 is 1.36 bits per heavy atom. The van der Waals surface area contributed by atoms with Crippen LogP contribution in [-0.4, -0.2) is 11.0 Å². The predicted octanol–water partition coefficient (Wildman–Crippen LogP) is 4.08. The number of hydrogen-bond donors (Lipinski definition) is 0. The van der Waals surface area contributed by atoms with Crippen molar-refractivity contribution in [1.29, 1.82) is 0 Å². The number of rotatable bonds is 1. The molecule has 0 bridgehead atoms. The molecule has 0 fully saturated rings. The number of allylic oxidation sites excluding steroid dienone is 4. The van der Waals surface area contributed by atoms with Gasteiger partial charge in [-0.15, -0.1) is 0 Å². The maximum Gasteiger partial charge on any atom is 0.396 e. The topological polar surface area (TPSA) is 0 Å². The van der Waals surface area contributed by atoms with Gasteiger partial charge in [0.25, 0.3) is 0 Å². The number of halogens is 4. The Balaban J connectivity index is 2.81. The van der Waals surface area contributed by atoms with Gasteiger partial charge in [-0.2, -0.15) is 13.2 Å². The third kappa shape index (κ3) is 2.62. The molecule has 0 aliphatic heterocycles. The molecule has 0 nitrogen and oxygen atoms in total. The number of hydrogen-bond acceptors (Lipinski definition) is 0. The van der Waals surface area contributed by atoms with Crippen molar-refractivity contribution in [1.82, 2.24) is 0 Å². The monoisotopic (exact) mass is 268 g/mol. The molecule has 80 valence electrons. The largest absolute Gasteiger partial charge is 0.396 e. The Hall–Kier alpha value is -0.250. The van der Waals surface area contributed by atoms with Crippen LogP contribution in [0.3, 0.4) is 0 Å². The molecule has 1 aliphatic carbocycles. The lowest BCUT2D eigenvalue weighted by Crippen LogP contribution is -2.30. The van der Waals surface area contributed by atoms with E-state index in [0.29, 0.717) is 0 Å². The van der Waals surface area contributed by atoms with Crippen molar-refractivity contribution in [2.75, 3.05) is 0 Å². The van der Waals surface area contributed by atoms with Gasteiger partial charge >= 0.3 is 6.18 Å². The van der Waals surface area contributed by atoms with Crippen LogP contribution < -0.4 is 0 Å². The van der Waals surface area contributed by atoms with Gasteiger partial charge in [0.15, 0.2) is 0 Å². The summed E-state index contributed by atoms with van der Waals surface area (Å²) in [5.74, 6) is -1.13. The summed E-state index contributed by atoms with van der Waals surface area (Å²) in [6.45, 7) is 3.92. The molecule has 0 amide bonds. The molecule has 0 aromatic heterocycles. The van der Waals surface area contributed by atoms with Crippen molar-refractivity contribution in [3.63, 3.8) is 0 Å². The van der Waals surface area contributed by atoms with Gasteiger partial charge in [-0.1, -0.05) is 48.0 Å². The lowest BCUT2D eigenvalue weighted by atomic mass is 9.91. The standard InChI is InChI=1S/C10H12BrF3/c1-6(2)7-3-4-8(9(11)5-7)10(12,13)14/h3-6,8-9H,1-2H3. The van der Waals surface area contributed by atoms with Gasteiger partial charge in [0.05, 0.1) is 5.92 Å². The Morgan fingerprint density at radius 3 is 2.29 bits per heavy atom. The Kier molecular flexibility index (Phi) is 3.45. The fourth-order valence-electron chi connectivity index (χ4n) is 1.34. The van der Waals surface area contributed by atoms with Crippen LogP contribution in [0.1, 0.15) is 13.8 Å². The third-order valence-corrected chi connectivity index (χ3v) is 3.07. The van der Waals surface area contributed by atoms with Crippen molar-refractivity contribution in [2.24, 2.45) is 11.8 Å². The predicted molar refractivity (Wildman–Crippen MR) is 54.3 cm³/mol. The Bertz CT molecular complexity index is 263. The van der Waals surface area contributed by atoms with Crippen molar-refractivity contribution >= 4 is 15.9 Å². The second-order valence-corrected chi connectivity index (χ2v) is 4.75. The first kappa shape index (κ1) is 11.8. The summed E-state index contributed by atoms with van der Waals surface area (Å²) in [5, 5.41) is 0. The van der Waals surface area contributed by atoms with Crippen LogP contribution in [0.25, 0.3) is 0 Å². The first-order valence-electron chi connectivity index (χ1n) is 4.43. The first-order valence-corrected chi connectivity index (χ1v) is 5.34. The average Bonchev–Trinajstić information content (AvgIpc) is 2.01. The summed E-state index contributed by atoms with van der Waals surface area (Å²) in [4.78, 5) is -0.634. The van der Waals surface area contributed by atoms with Crippen molar-refractivity contribution in [3.8, 4) is 0 Å². The molecule has 2 atom stereocenters. The molecule has 0 aromatic rings. The van der Waals surface area contributed by atoms with Crippen LogP contribution in [0.5, 0.6) is 0 Å². The zero-order valence-corrected chi connectivity index (χ0v) is 9.56. The molecule has 14 heavy (non-hydrogen) atoms. The van der Waals surface area contributed by atoms with Gasteiger partial charge in [0.2, 0.25) is 0 Å². The minimum Gasteiger partial charge on any atom is -0.170 e. The summed E-state index contributed by atoms with van der Waals surface area (Å²) < 4.78 is 37.2. The second-order valence-electron chi connectivity index (χ2n) is 3.69. The van der Waals surface area contributed by atoms with Crippen LogP contribution >= 0.6 is 15.9 Å². The van der Waals surface area contributed by atoms with Crippen molar-refractivity contribution in [3.05, 3.63) is 23.8 Å². The molecule has 0 heterocycles.